The Labute approximate surface area is 138 Å². The molecule has 0 spiro atoms. The number of carbonyl (C=O) groups is 1. The van der Waals surface area contributed by atoms with E-state index in [0.717, 1.165) is 32.2 Å². The first-order chi connectivity index (χ1) is 11.1. The number of carboxylic acid groups (broad SMARTS) is 1. The molecule has 5 nitrogen and oxygen atoms in total. The number of rotatable bonds is 5. The van der Waals surface area contributed by atoms with Gasteiger partial charge in [0, 0.05) is 35.0 Å². The zero-order valence-corrected chi connectivity index (χ0v) is 13.7. The van der Waals surface area contributed by atoms with Crippen LogP contribution in [0.4, 0.5) is 5.13 Å². The number of fused-ring (bicyclic) bond motifs is 1. The maximum Gasteiger partial charge on any atom is 0.303 e. The SMILES string of the molecule is CNc1nc(-c2cnc3ccccc3c2)c(C(C)CC(=O)O)s1. The molecule has 0 amide bonds. The van der Waals surface area contributed by atoms with Crippen molar-refractivity contribution in [3.05, 3.63) is 41.4 Å². The maximum atomic E-state index is 11.0. The molecule has 2 aromatic heterocycles. The Morgan fingerprint density at radius 3 is 2.91 bits per heavy atom. The average Bonchev–Trinajstić information content (AvgIpc) is 2.98. The van der Waals surface area contributed by atoms with Crippen LogP contribution in [0.25, 0.3) is 22.2 Å². The molecule has 0 radical (unpaired) electrons. The molecule has 1 unspecified atom stereocenters. The van der Waals surface area contributed by atoms with Crippen molar-refractivity contribution in [2.24, 2.45) is 0 Å². The van der Waals surface area contributed by atoms with E-state index in [1.54, 1.807) is 6.20 Å². The molecule has 118 valence electrons. The highest BCUT2D eigenvalue weighted by Gasteiger charge is 2.20. The summed E-state index contributed by atoms with van der Waals surface area (Å²) in [5, 5.41) is 13.9. The molecule has 0 aliphatic carbocycles. The molecule has 2 N–H and O–H groups in total. The fourth-order valence-corrected chi connectivity index (χ4v) is 3.53. The summed E-state index contributed by atoms with van der Waals surface area (Å²) in [7, 11) is 1.81. The number of nitrogens with one attached hydrogen (secondary N) is 1. The molecule has 0 saturated heterocycles. The fourth-order valence-electron chi connectivity index (χ4n) is 2.53. The summed E-state index contributed by atoms with van der Waals surface area (Å²) in [6.07, 6.45) is 1.88. The van der Waals surface area contributed by atoms with E-state index in [9.17, 15) is 4.79 Å². The summed E-state index contributed by atoms with van der Waals surface area (Å²) < 4.78 is 0. The summed E-state index contributed by atoms with van der Waals surface area (Å²) in [5.74, 6) is -0.909. The van der Waals surface area contributed by atoms with Crippen molar-refractivity contribution in [3.8, 4) is 11.3 Å². The lowest BCUT2D eigenvalue weighted by Crippen LogP contribution is -2.02. The Hall–Kier alpha value is -2.47. The van der Waals surface area contributed by atoms with Crippen LogP contribution in [0.3, 0.4) is 0 Å². The lowest BCUT2D eigenvalue weighted by atomic mass is 10.0. The molecular formula is C17H17N3O2S. The van der Waals surface area contributed by atoms with Crippen molar-refractivity contribution in [2.75, 3.05) is 12.4 Å². The highest BCUT2D eigenvalue weighted by atomic mass is 32.1. The lowest BCUT2D eigenvalue weighted by Gasteiger charge is -2.09. The number of para-hydroxylation sites is 1. The molecule has 0 bridgehead atoms. The number of aliphatic carboxylic acids is 1. The number of nitrogens with zero attached hydrogens (tertiary/aromatic N) is 2. The maximum absolute atomic E-state index is 11.0. The van der Waals surface area contributed by atoms with E-state index in [1.165, 1.54) is 11.3 Å². The third-order valence-electron chi connectivity index (χ3n) is 3.66. The van der Waals surface area contributed by atoms with Gasteiger partial charge in [0.15, 0.2) is 5.13 Å². The summed E-state index contributed by atoms with van der Waals surface area (Å²) in [5.41, 5.74) is 2.65. The summed E-state index contributed by atoms with van der Waals surface area (Å²) >= 11 is 1.50. The smallest absolute Gasteiger partial charge is 0.303 e. The van der Waals surface area contributed by atoms with Gasteiger partial charge in [-0.15, -0.1) is 11.3 Å². The van der Waals surface area contributed by atoms with Gasteiger partial charge in [-0.2, -0.15) is 0 Å². The third-order valence-corrected chi connectivity index (χ3v) is 4.96. The highest BCUT2D eigenvalue weighted by Crippen LogP contribution is 2.38. The quantitative estimate of drug-likeness (QED) is 0.741. The first kappa shape index (κ1) is 15.4. The number of carboxylic acids is 1. The van der Waals surface area contributed by atoms with Crippen LogP contribution in [0.5, 0.6) is 0 Å². The number of anilines is 1. The Balaban J connectivity index is 2.09. The highest BCUT2D eigenvalue weighted by molar-refractivity contribution is 7.16. The number of aromatic nitrogens is 2. The van der Waals surface area contributed by atoms with E-state index in [1.807, 2.05) is 44.3 Å². The third kappa shape index (κ3) is 3.17. The molecule has 6 heteroatoms. The molecule has 1 atom stereocenters. The number of pyridine rings is 1. The van der Waals surface area contributed by atoms with Gasteiger partial charge in [-0.3, -0.25) is 9.78 Å². The molecule has 1 aromatic carbocycles. The second-order valence-corrected chi connectivity index (χ2v) is 6.43. The molecule has 23 heavy (non-hydrogen) atoms. The largest absolute Gasteiger partial charge is 0.481 e. The molecule has 2 heterocycles. The van der Waals surface area contributed by atoms with Gasteiger partial charge in [-0.1, -0.05) is 25.1 Å². The first-order valence-corrected chi connectivity index (χ1v) is 8.15. The van der Waals surface area contributed by atoms with E-state index < -0.39 is 5.97 Å². The van der Waals surface area contributed by atoms with E-state index in [4.69, 9.17) is 5.11 Å². The van der Waals surface area contributed by atoms with Crippen molar-refractivity contribution in [3.63, 3.8) is 0 Å². The predicted molar refractivity (Wildman–Crippen MR) is 93.1 cm³/mol. The molecule has 3 aromatic rings. The van der Waals surface area contributed by atoms with Crippen molar-refractivity contribution >= 4 is 33.3 Å². The fraction of sp³-hybridized carbons (Fsp3) is 0.235. The van der Waals surface area contributed by atoms with Crippen molar-refractivity contribution < 1.29 is 9.90 Å². The van der Waals surface area contributed by atoms with Crippen LogP contribution in [-0.4, -0.2) is 28.1 Å². The molecule has 3 rings (SSSR count). The molecule has 0 aliphatic rings. The second kappa shape index (κ2) is 6.34. The predicted octanol–water partition coefficient (Wildman–Crippen LogP) is 3.98. The zero-order chi connectivity index (χ0) is 16.4. The van der Waals surface area contributed by atoms with Crippen LogP contribution >= 0.6 is 11.3 Å². The van der Waals surface area contributed by atoms with Crippen LogP contribution < -0.4 is 5.32 Å². The second-order valence-electron chi connectivity index (χ2n) is 5.40. The van der Waals surface area contributed by atoms with Crippen molar-refractivity contribution in [1.29, 1.82) is 0 Å². The number of benzene rings is 1. The Bertz CT molecular complexity index is 860. The molecular weight excluding hydrogens is 310 g/mol. The molecule has 0 saturated carbocycles. The van der Waals surface area contributed by atoms with Gasteiger partial charge in [0.2, 0.25) is 0 Å². The minimum absolute atomic E-state index is 0.0827. The Kier molecular flexibility index (Phi) is 4.25. The van der Waals surface area contributed by atoms with Gasteiger partial charge in [-0.25, -0.2) is 4.98 Å². The minimum Gasteiger partial charge on any atom is -0.481 e. The number of hydrogen-bond acceptors (Lipinski definition) is 5. The van der Waals surface area contributed by atoms with E-state index in [2.05, 4.69) is 15.3 Å². The van der Waals surface area contributed by atoms with Gasteiger partial charge in [-0.05, 0) is 12.1 Å². The monoisotopic (exact) mass is 327 g/mol. The van der Waals surface area contributed by atoms with Gasteiger partial charge in [0.1, 0.15) is 0 Å². The zero-order valence-electron chi connectivity index (χ0n) is 12.9. The van der Waals surface area contributed by atoms with E-state index in [-0.39, 0.29) is 12.3 Å². The standard InChI is InChI=1S/C17H17N3O2S/c1-10(7-14(21)22)16-15(20-17(18-2)23-16)12-8-11-5-3-4-6-13(11)19-9-12/h3-6,8-10H,7H2,1-2H3,(H,18,20)(H,21,22). The molecule has 0 fully saturated rings. The minimum atomic E-state index is -0.806. The van der Waals surface area contributed by atoms with Crippen LogP contribution in [0, 0.1) is 0 Å². The van der Waals surface area contributed by atoms with Crippen molar-refractivity contribution in [2.45, 2.75) is 19.3 Å². The van der Waals surface area contributed by atoms with Crippen LogP contribution in [-0.2, 0) is 4.79 Å². The first-order valence-electron chi connectivity index (χ1n) is 7.34. The molecule has 0 aliphatic heterocycles. The Morgan fingerprint density at radius 1 is 1.39 bits per heavy atom. The van der Waals surface area contributed by atoms with Crippen LogP contribution in [0.2, 0.25) is 0 Å². The topological polar surface area (TPSA) is 75.1 Å². The van der Waals surface area contributed by atoms with Gasteiger partial charge >= 0.3 is 5.97 Å². The normalized spacial score (nSPS) is 12.3. The Morgan fingerprint density at radius 2 is 2.17 bits per heavy atom. The average molecular weight is 327 g/mol. The van der Waals surface area contributed by atoms with Gasteiger partial charge < -0.3 is 10.4 Å². The number of thiazole rings is 1. The van der Waals surface area contributed by atoms with E-state index >= 15 is 0 Å². The summed E-state index contributed by atoms with van der Waals surface area (Å²) in [6.45, 7) is 1.92. The van der Waals surface area contributed by atoms with E-state index in [0.29, 0.717) is 0 Å². The van der Waals surface area contributed by atoms with Crippen LogP contribution in [0.15, 0.2) is 36.5 Å². The van der Waals surface area contributed by atoms with Gasteiger partial charge in [0.25, 0.3) is 0 Å². The lowest BCUT2D eigenvalue weighted by molar-refractivity contribution is -0.137. The summed E-state index contributed by atoms with van der Waals surface area (Å²) in [6, 6.07) is 9.96. The van der Waals surface area contributed by atoms with Gasteiger partial charge in [0.05, 0.1) is 17.6 Å². The van der Waals surface area contributed by atoms with Crippen LogP contribution in [0.1, 0.15) is 24.1 Å². The number of hydrogen-bond donors (Lipinski definition) is 2. The van der Waals surface area contributed by atoms with Crippen molar-refractivity contribution in [1.82, 2.24) is 9.97 Å². The summed E-state index contributed by atoms with van der Waals surface area (Å²) in [4.78, 5) is 21.1.